The molecule has 86 valence electrons. The number of esters is 1. The molecule has 4 nitrogen and oxygen atoms in total. The van der Waals surface area contributed by atoms with Gasteiger partial charge in [-0.15, -0.1) is 6.58 Å². The maximum atomic E-state index is 11.3. The standard InChI is InChI=1S/C11H19NO3/c1-9(2)4-5-12-6-7-15-10(8-12)11(13)14-3/h10H,1,4-8H2,2-3H3. The molecule has 0 aliphatic carbocycles. The molecule has 4 heteroatoms. The molecule has 0 aromatic heterocycles. The molecule has 0 aromatic rings. The molecule has 1 heterocycles. The van der Waals surface area contributed by atoms with Crippen LogP contribution < -0.4 is 0 Å². The number of hydrogen-bond donors (Lipinski definition) is 0. The summed E-state index contributed by atoms with van der Waals surface area (Å²) < 4.78 is 9.98. The maximum Gasteiger partial charge on any atom is 0.336 e. The number of rotatable bonds is 4. The van der Waals surface area contributed by atoms with Crippen molar-refractivity contribution in [3.8, 4) is 0 Å². The first-order valence-corrected chi connectivity index (χ1v) is 5.19. The highest BCUT2D eigenvalue weighted by Crippen LogP contribution is 2.08. The normalized spacial score (nSPS) is 22.4. The van der Waals surface area contributed by atoms with Crippen LogP contribution in [0.2, 0.25) is 0 Å². The molecule has 1 saturated heterocycles. The number of carbonyl (C=O) groups is 1. The fourth-order valence-electron chi connectivity index (χ4n) is 1.53. The van der Waals surface area contributed by atoms with E-state index in [2.05, 4.69) is 16.2 Å². The van der Waals surface area contributed by atoms with Crippen molar-refractivity contribution in [1.82, 2.24) is 4.90 Å². The van der Waals surface area contributed by atoms with Gasteiger partial charge in [0, 0.05) is 19.6 Å². The van der Waals surface area contributed by atoms with Gasteiger partial charge in [0.15, 0.2) is 6.10 Å². The third-order valence-corrected chi connectivity index (χ3v) is 2.47. The minimum atomic E-state index is -0.422. The average Bonchev–Trinajstić information content (AvgIpc) is 2.25. The number of methoxy groups -OCH3 is 1. The van der Waals surface area contributed by atoms with Gasteiger partial charge in [-0.2, -0.15) is 0 Å². The van der Waals surface area contributed by atoms with E-state index in [1.807, 2.05) is 6.92 Å². The van der Waals surface area contributed by atoms with Crippen molar-refractivity contribution in [1.29, 1.82) is 0 Å². The Labute approximate surface area is 90.8 Å². The predicted molar refractivity (Wildman–Crippen MR) is 57.6 cm³/mol. The van der Waals surface area contributed by atoms with Crippen LogP contribution in [0.4, 0.5) is 0 Å². The van der Waals surface area contributed by atoms with Crippen LogP contribution in [0.1, 0.15) is 13.3 Å². The van der Waals surface area contributed by atoms with Gasteiger partial charge in [0.2, 0.25) is 0 Å². The minimum Gasteiger partial charge on any atom is -0.467 e. The Morgan fingerprint density at radius 1 is 1.67 bits per heavy atom. The molecule has 1 fully saturated rings. The molecule has 0 aromatic carbocycles. The lowest BCUT2D eigenvalue weighted by Crippen LogP contribution is -2.46. The smallest absolute Gasteiger partial charge is 0.336 e. The van der Waals surface area contributed by atoms with Crippen molar-refractivity contribution in [2.45, 2.75) is 19.4 Å². The number of hydrogen-bond acceptors (Lipinski definition) is 4. The average molecular weight is 213 g/mol. The molecule has 0 amide bonds. The molecule has 1 aliphatic rings. The minimum absolute atomic E-state index is 0.282. The van der Waals surface area contributed by atoms with E-state index in [4.69, 9.17) is 4.74 Å². The quantitative estimate of drug-likeness (QED) is 0.512. The van der Waals surface area contributed by atoms with Gasteiger partial charge in [-0.25, -0.2) is 4.79 Å². The van der Waals surface area contributed by atoms with Crippen molar-refractivity contribution in [2.24, 2.45) is 0 Å². The van der Waals surface area contributed by atoms with Gasteiger partial charge in [-0.05, 0) is 13.3 Å². The summed E-state index contributed by atoms with van der Waals surface area (Å²) in [6, 6.07) is 0. The van der Waals surface area contributed by atoms with Gasteiger partial charge in [0.25, 0.3) is 0 Å². The molecule has 1 rings (SSSR count). The molecule has 0 spiro atoms. The van der Waals surface area contributed by atoms with E-state index in [-0.39, 0.29) is 5.97 Å². The van der Waals surface area contributed by atoms with Crippen molar-refractivity contribution in [3.63, 3.8) is 0 Å². The lowest BCUT2D eigenvalue weighted by molar-refractivity contribution is -0.159. The van der Waals surface area contributed by atoms with Crippen LogP contribution in [0.3, 0.4) is 0 Å². The Kier molecular flexibility index (Phi) is 4.78. The van der Waals surface area contributed by atoms with E-state index in [1.54, 1.807) is 0 Å². The van der Waals surface area contributed by atoms with Crippen LogP contribution in [-0.4, -0.2) is 50.3 Å². The number of morpholine rings is 1. The van der Waals surface area contributed by atoms with E-state index >= 15 is 0 Å². The summed E-state index contributed by atoms with van der Waals surface area (Å²) in [6.45, 7) is 8.90. The largest absolute Gasteiger partial charge is 0.467 e. The first-order chi connectivity index (χ1) is 7.13. The van der Waals surface area contributed by atoms with Crippen molar-refractivity contribution >= 4 is 5.97 Å². The lowest BCUT2D eigenvalue weighted by atomic mass is 10.2. The van der Waals surface area contributed by atoms with Crippen LogP contribution in [0, 0.1) is 0 Å². The molecule has 0 radical (unpaired) electrons. The Bertz CT molecular complexity index is 240. The second kappa shape index (κ2) is 5.88. The van der Waals surface area contributed by atoms with Gasteiger partial charge < -0.3 is 9.47 Å². The van der Waals surface area contributed by atoms with E-state index < -0.39 is 6.10 Å². The second-order valence-electron chi connectivity index (χ2n) is 3.89. The van der Waals surface area contributed by atoms with Crippen LogP contribution in [0.5, 0.6) is 0 Å². The van der Waals surface area contributed by atoms with Crippen molar-refractivity contribution in [2.75, 3.05) is 33.4 Å². The van der Waals surface area contributed by atoms with Crippen molar-refractivity contribution < 1.29 is 14.3 Å². The lowest BCUT2D eigenvalue weighted by Gasteiger charge is -2.31. The molecular weight excluding hydrogens is 194 g/mol. The van der Waals surface area contributed by atoms with Crippen molar-refractivity contribution in [3.05, 3.63) is 12.2 Å². The summed E-state index contributed by atoms with van der Waals surface area (Å²) in [6.07, 6.45) is 0.544. The highest BCUT2D eigenvalue weighted by atomic mass is 16.6. The number of carbonyl (C=O) groups excluding carboxylic acids is 1. The first-order valence-electron chi connectivity index (χ1n) is 5.19. The SMILES string of the molecule is C=C(C)CCN1CCOC(C(=O)OC)C1. The summed E-state index contributed by atoms with van der Waals surface area (Å²) in [5, 5.41) is 0. The Morgan fingerprint density at radius 2 is 2.40 bits per heavy atom. The zero-order valence-corrected chi connectivity index (χ0v) is 9.49. The molecule has 1 unspecified atom stereocenters. The molecule has 15 heavy (non-hydrogen) atoms. The highest BCUT2D eigenvalue weighted by molar-refractivity contribution is 5.74. The maximum absolute atomic E-state index is 11.3. The zero-order chi connectivity index (χ0) is 11.3. The third-order valence-electron chi connectivity index (χ3n) is 2.47. The van der Waals surface area contributed by atoms with Crippen LogP contribution >= 0.6 is 0 Å². The van der Waals surface area contributed by atoms with Crippen LogP contribution in [-0.2, 0) is 14.3 Å². The Balaban J connectivity index is 2.35. The Hall–Kier alpha value is -0.870. The predicted octanol–water partition coefficient (Wildman–Crippen LogP) is 0.826. The van der Waals surface area contributed by atoms with E-state index in [9.17, 15) is 4.79 Å². The van der Waals surface area contributed by atoms with Gasteiger partial charge >= 0.3 is 5.97 Å². The molecular formula is C11H19NO3. The number of nitrogens with zero attached hydrogens (tertiary/aromatic N) is 1. The number of ether oxygens (including phenoxy) is 2. The highest BCUT2D eigenvalue weighted by Gasteiger charge is 2.26. The summed E-state index contributed by atoms with van der Waals surface area (Å²) in [4.78, 5) is 13.5. The van der Waals surface area contributed by atoms with Gasteiger partial charge in [0.1, 0.15) is 0 Å². The van der Waals surface area contributed by atoms with Crippen LogP contribution in [0.15, 0.2) is 12.2 Å². The molecule has 0 bridgehead atoms. The molecule has 0 N–H and O–H groups in total. The molecule has 1 aliphatic heterocycles. The van der Waals surface area contributed by atoms with E-state index in [0.717, 1.165) is 25.1 Å². The van der Waals surface area contributed by atoms with E-state index in [1.165, 1.54) is 7.11 Å². The Morgan fingerprint density at radius 3 is 3.00 bits per heavy atom. The summed E-state index contributed by atoms with van der Waals surface area (Å²) in [5.41, 5.74) is 1.16. The van der Waals surface area contributed by atoms with Gasteiger partial charge in [-0.3, -0.25) is 4.90 Å². The fourth-order valence-corrected chi connectivity index (χ4v) is 1.53. The second-order valence-corrected chi connectivity index (χ2v) is 3.89. The van der Waals surface area contributed by atoms with Gasteiger partial charge in [-0.1, -0.05) is 5.57 Å². The molecule has 1 atom stereocenters. The summed E-state index contributed by atoms with van der Waals surface area (Å²) in [5.74, 6) is -0.282. The summed E-state index contributed by atoms with van der Waals surface area (Å²) >= 11 is 0. The fraction of sp³-hybridized carbons (Fsp3) is 0.727. The molecule has 0 saturated carbocycles. The topological polar surface area (TPSA) is 38.8 Å². The zero-order valence-electron chi connectivity index (χ0n) is 9.49. The summed E-state index contributed by atoms with van der Waals surface area (Å²) in [7, 11) is 1.39. The monoisotopic (exact) mass is 213 g/mol. The van der Waals surface area contributed by atoms with Crippen LogP contribution in [0.25, 0.3) is 0 Å². The van der Waals surface area contributed by atoms with E-state index in [0.29, 0.717) is 13.2 Å². The third kappa shape index (κ3) is 4.01. The van der Waals surface area contributed by atoms with Gasteiger partial charge in [0.05, 0.1) is 13.7 Å². The first kappa shape index (κ1) is 12.2.